The van der Waals surface area contributed by atoms with Gasteiger partial charge in [0, 0.05) is 13.1 Å². The molecule has 0 saturated carbocycles. The van der Waals surface area contributed by atoms with E-state index in [9.17, 15) is 15.1 Å². The zero-order chi connectivity index (χ0) is 16.7. The second-order valence-electron chi connectivity index (χ2n) is 4.38. The number of hydroxylamine groups is 2. The van der Waals surface area contributed by atoms with Crippen molar-refractivity contribution in [1.82, 2.24) is 5.06 Å². The molecule has 5 nitrogen and oxygen atoms in total. The van der Waals surface area contributed by atoms with Gasteiger partial charge < -0.3 is 5.11 Å². The third-order valence-electron chi connectivity index (χ3n) is 2.94. The van der Waals surface area contributed by atoms with Crippen molar-refractivity contribution >= 4 is 17.3 Å². The zero-order valence-electron chi connectivity index (χ0n) is 12.7. The van der Waals surface area contributed by atoms with Crippen LogP contribution in [0.2, 0.25) is 0 Å². The normalized spacial score (nSPS) is 18.1. The van der Waals surface area contributed by atoms with Gasteiger partial charge in [0.1, 0.15) is 5.76 Å². The number of aliphatic hydroxyl groups is 1. The summed E-state index contributed by atoms with van der Waals surface area (Å²) in [6, 6.07) is 9.37. The van der Waals surface area contributed by atoms with Gasteiger partial charge >= 0.3 is 0 Å². The highest BCUT2D eigenvalue weighted by atomic mass is 16.5. The third-order valence-corrected chi connectivity index (χ3v) is 2.94. The van der Waals surface area contributed by atoms with Crippen LogP contribution in [-0.4, -0.2) is 34.2 Å². The summed E-state index contributed by atoms with van der Waals surface area (Å²) in [6.07, 6.45) is 5.57. The number of allylic oxidation sites excluding steroid dienone is 1. The standard InChI is InChI=1S/C14H14N2O3.C3H4/c1-9(10-6-4-3-5-7-10)13-11(17)8-12(18)16(19)14(13)15-2;1-3-2/h3-8,17,19H,1-2H3;1H,2H3/b13-9+,15-14?;. The molecule has 114 valence electrons. The van der Waals surface area contributed by atoms with Crippen LogP contribution < -0.4 is 0 Å². The van der Waals surface area contributed by atoms with E-state index >= 15 is 0 Å². The van der Waals surface area contributed by atoms with Crippen LogP contribution in [0.5, 0.6) is 0 Å². The molecule has 0 fully saturated rings. The summed E-state index contributed by atoms with van der Waals surface area (Å²) in [4.78, 5) is 15.3. The molecule has 2 rings (SSSR count). The first-order valence-corrected chi connectivity index (χ1v) is 6.52. The summed E-state index contributed by atoms with van der Waals surface area (Å²) in [5.74, 6) is 1.37. The molecule has 0 aliphatic carbocycles. The number of aliphatic imine (C=N–C) groups is 1. The maximum Gasteiger partial charge on any atom is 0.279 e. The SMILES string of the molecule is C#CC.CN=C1/C(=C(\C)c2ccccc2)C(O)=CC(=O)N1O. The van der Waals surface area contributed by atoms with Gasteiger partial charge in [0.05, 0.1) is 5.57 Å². The number of hydrogen-bond acceptors (Lipinski definition) is 4. The molecule has 1 aromatic rings. The Kier molecular flexibility index (Phi) is 6.11. The van der Waals surface area contributed by atoms with E-state index in [2.05, 4.69) is 17.3 Å². The molecule has 0 bridgehead atoms. The number of terminal acetylenes is 1. The van der Waals surface area contributed by atoms with E-state index in [-0.39, 0.29) is 11.6 Å². The van der Waals surface area contributed by atoms with Crippen LogP contribution in [0.3, 0.4) is 0 Å². The van der Waals surface area contributed by atoms with Crippen molar-refractivity contribution in [2.75, 3.05) is 7.05 Å². The van der Waals surface area contributed by atoms with Gasteiger partial charge in [-0.05, 0) is 25.0 Å². The summed E-state index contributed by atoms with van der Waals surface area (Å²) in [7, 11) is 1.45. The Labute approximate surface area is 129 Å². The van der Waals surface area contributed by atoms with Gasteiger partial charge in [0.2, 0.25) is 0 Å². The highest BCUT2D eigenvalue weighted by molar-refractivity contribution is 6.18. The fraction of sp³-hybridized carbons (Fsp3) is 0.176. The van der Waals surface area contributed by atoms with Gasteiger partial charge in [0.25, 0.3) is 5.91 Å². The molecule has 1 amide bonds. The Morgan fingerprint density at radius 2 is 1.86 bits per heavy atom. The Bertz CT molecular complexity index is 680. The minimum Gasteiger partial charge on any atom is -0.507 e. The molecule has 22 heavy (non-hydrogen) atoms. The smallest absolute Gasteiger partial charge is 0.279 e. The number of aliphatic hydroxyl groups excluding tert-OH is 1. The summed E-state index contributed by atoms with van der Waals surface area (Å²) >= 11 is 0. The number of carbonyl (C=O) groups is 1. The summed E-state index contributed by atoms with van der Waals surface area (Å²) < 4.78 is 0. The minimum atomic E-state index is -0.720. The van der Waals surface area contributed by atoms with E-state index in [0.29, 0.717) is 10.6 Å². The largest absolute Gasteiger partial charge is 0.507 e. The Balaban J connectivity index is 0.000000745. The van der Waals surface area contributed by atoms with Crippen molar-refractivity contribution < 1.29 is 15.1 Å². The summed E-state index contributed by atoms with van der Waals surface area (Å²) in [5.41, 5.74) is 1.94. The number of amidine groups is 1. The van der Waals surface area contributed by atoms with E-state index in [0.717, 1.165) is 17.2 Å². The molecule has 0 radical (unpaired) electrons. The lowest BCUT2D eigenvalue weighted by atomic mass is 9.97. The number of benzene rings is 1. The second kappa shape index (κ2) is 7.81. The van der Waals surface area contributed by atoms with E-state index < -0.39 is 5.91 Å². The molecule has 1 aromatic carbocycles. The van der Waals surface area contributed by atoms with Crippen molar-refractivity contribution in [3.8, 4) is 12.3 Å². The molecule has 5 heteroatoms. The van der Waals surface area contributed by atoms with Crippen molar-refractivity contribution in [3.05, 3.63) is 53.3 Å². The van der Waals surface area contributed by atoms with Crippen molar-refractivity contribution in [1.29, 1.82) is 0 Å². The first kappa shape index (κ1) is 17.2. The van der Waals surface area contributed by atoms with Crippen molar-refractivity contribution in [2.45, 2.75) is 13.8 Å². The molecule has 0 atom stereocenters. The first-order chi connectivity index (χ1) is 10.5. The maximum absolute atomic E-state index is 11.4. The van der Waals surface area contributed by atoms with Crippen LogP contribution in [0.15, 0.2) is 52.7 Å². The van der Waals surface area contributed by atoms with Crippen molar-refractivity contribution in [2.24, 2.45) is 4.99 Å². The number of hydrogen-bond donors (Lipinski definition) is 2. The molecule has 2 N–H and O–H groups in total. The van der Waals surface area contributed by atoms with Crippen LogP contribution in [0.1, 0.15) is 19.4 Å². The zero-order valence-corrected chi connectivity index (χ0v) is 12.7. The summed E-state index contributed by atoms with van der Waals surface area (Å²) in [6.45, 7) is 3.45. The fourth-order valence-corrected chi connectivity index (χ4v) is 1.97. The van der Waals surface area contributed by atoms with E-state index in [1.807, 2.05) is 30.3 Å². The average Bonchev–Trinajstić information content (AvgIpc) is 2.51. The molecule has 1 heterocycles. The number of rotatable bonds is 1. The molecule has 0 unspecified atom stereocenters. The van der Waals surface area contributed by atoms with Gasteiger partial charge in [0.15, 0.2) is 5.84 Å². The van der Waals surface area contributed by atoms with Gasteiger partial charge in [-0.15, -0.1) is 12.3 Å². The quantitative estimate of drug-likeness (QED) is 0.618. The lowest BCUT2D eigenvalue weighted by molar-refractivity contribution is -0.144. The Hall–Kier alpha value is -2.84. The van der Waals surface area contributed by atoms with Gasteiger partial charge in [-0.3, -0.25) is 15.0 Å². The van der Waals surface area contributed by atoms with E-state index in [1.54, 1.807) is 13.8 Å². The molecule has 1 aliphatic rings. The topological polar surface area (TPSA) is 73.1 Å². The molecular formula is C17H18N2O3. The van der Waals surface area contributed by atoms with Crippen LogP contribution in [0.25, 0.3) is 5.57 Å². The molecule has 0 spiro atoms. The fourth-order valence-electron chi connectivity index (χ4n) is 1.97. The third kappa shape index (κ3) is 3.62. The highest BCUT2D eigenvalue weighted by Crippen LogP contribution is 2.27. The van der Waals surface area contributed by atoms with Gasteiger partial charge in [-0.2, -0.15) is 5.06 Å². The van der Waals surface area contributed by atoms with Crippen LogP contribution in [0.4, 0.5) is 0 Å². The number of carbonyl (C=O) groups excluding carboxylic acids is 1. The molecule has 0 saturated heterocycles. The Morgan fingerprint density at radius 1 is 1.32 bits per heavy atom. The molecular weight excluding hydrogens is 280 g/mol. The van der Waals surface area contributed by atoms with Crippen molar-refractivity contribution in [3.63, 3.8) is 0 Å². The lowest BCUT2D eigenvalue weighted by Gasteiger charge is -2.24. The highest BCUT2D eigenvalue weighted by Gasteiger charge is 2.29. The van der Waals surface area contributed by atoms with Crippen LogP contribution >= 0.6 is 0 Å². The van der Waals surface area contributed by atoms with Gasteiger partial charge in [-0.25, -0.2) is 0 Å². The first-order valence-electron chi connectivity index (χ1n) is 6.52. The van der Waals surface area contributed by atoms with E-state index in [1.165, 1.54) is 7.05 Å². The van der Waals surface area contributed by atoms with Crippen LogP contribution in [-0.2, 0) is 4.79 Å². The lowest BCUT2D eigenvalue weighted by Crippen LogP contribution is -2.38. The molecule has 1 aliphatic heterocycles. The second-order valence-corrected chi connectivity index (χ2v) is 4.38. The summed E-state index contributed by atoms with van der Waals surface area (Å²) in [5, 5.41) is 20.1. The minimum absolute atomic E-state index is 0.0337. The van der Waals surface area contributed by atoms with E-state index in [4.69, 9.17) is 0 Å². The predicted molar refractivity (Wildman–Crippen MR) is 86.2 cm³/mol. The van der Waals surface area contributed by atoms with Gasteiger partial charge in [-0.1, -0.05) is 30.3 Å². The maximum atomic E-state index is 11.4. The molecule has 0 aromatic heterocycles. The average molecular weight is 298 g/mol. The predicted octanol–water partition coefficient (Wildman–Crippen LogP) is 2.80. The number of nitrogens with zero attached hydrogens (tertiary/aromatic N) is 2. The van der Waals surface area contributed by atoms with Crippen LogP contribution in [0, 0.1) is 12.3 Å². The number of amides is 1. The monoisotopic (exact) mass is 298 g/mol. The Morgan fingerprint density at radius 3 is 2.36 bits per heavy atom.